The quantitative estimate of drug-likeness (QED) is 0.854. The second-order valence-electron chi connectivity index (χ2n) is 5.66. The smallest absolute Gasteiger partial charge is 0.220 e. The molecule has 1 unspecified atom stereocenters. The SMILES string of the molecule is O=C(CCc1ccco1)NCC(c1ccco1)N1CCCC1. The maximum absolute atomic E-state index is 12.0. The van der Waals surface area contributed by atoms with Crippen LogP contribution < -0.4 is 5.32 Å². The Balaban J connectivity index is 1.51. The molecule has 3 heterocycles. The van der Waals surface area contributed by atoms with E-state index in [2.05, 4.69) is 10.2 Å². The van der Waals surface area contributed by atoms with Gasteiger partial charge in [0.05, 0.1) is 18.6 Å². The van der Waals surface area contributed by atoms with Crippen molar-refractivity contribution in [3.05, 3.63) is 48.3 Å². The summed E-state index contributed by atoms with van der Waals surface area (Å²) in [5, 5.41) is 3.03. The molecule has 1 N–H and O–H groups in total. The summed E-state index contributed by atoms with van der Waals surface area (Å²) in [5.41, 5.74) is 0. The molecule has 2 aromatic rings. The van der Waals surface area contributed by atoms with Gasteiger partial charge in [-0.15, -0.1) is 0 Å². The number of furan rings is 2. The lowest BCUT2D eigenvalue weighted by molar-refractivity contribution is -0.121. The topological polar surface area (TPSA) is 58.6 Å². The molecule has 3 rings (SSSR count). The van der Waals surface area contributed by atoms with Crippen molar-refractivity contribution in [2.75, 3.05) is 19.6 Å². The van der Waals surface area contributed by atoms with Gasteiger partial charge in [-0.3, -0.25) is 9.69 Å². The Kier molecular flexibility index (Phi) is 4.96. The van der Waals surface area contributed by atoms with Crippen LogP contribution in [0, 0.1) is 0 Å². The van der Waals surface area contributed by atoms with Gasteiger partial charge in [0, 0.05) is 19.4 Å². The van der Waals surface area contributed by atoms with Crippen molar-refractivity contribution in [1.82, 2.24) is 10.2 Å². The summed E-state index contributed by atoms with van der Waals surface area (Å²) in [5.74, 6) is 1.82. The van der Waals surface area contributed by atoms with Crippen LogP contribution in [0.5, 0.6) is 0 Å². The van der Waals surface area contributed by atoms with E-state index in [9.17, 15) is 4.79 Å². The molecule has 0 bridgehead atoms. The molecule has 118 valence electrons. The second kappa shape index (κ2) is 7.31. The van der Waals surface area contributed by atoms with Gasteiger partial charge in [-0.1, -0.05) is 0 Å². The van der Waals surface area contributed by atoms with E-state index in [1.165, 1.54) is 12.8 Å². The maximum Gasteiger partial charge on any atom is 0.220 e. The number of aryl methyl sites for hydroxylation is 1. The lowest BCUT2D eigenvalue weighted by Crippen LogP contribution is -2.36. The lowest BCUT2D eigenvalue weighted by atomic mass is 10.2. The summed E-state index contributed by atoms with van der Waals surface area (Å²) < 4.78 is 10.8. The predicted molar refractivity (Wildman–Crippen MR) is 82.3 cm³/mol. The molecule has 0 radical (unpaired) electrons. The van der Waals surface area contributed by atoms with Gasteiger partial charge in [0.15, 0.2) is 0 Å². The largest absolute Gasteiger partial charge is 0.469 e. The average molecular weight is 302 g/mol. The van der Waals surface area contributed by atoms with Crippen LogP contribution in [0.25, 0.3) is 0 Å². The van der Waals surface area contributed by atoms with E-state index in [4.69, 9.17) is 8.83 Å². The van der Waals surface area contributed by atoms with Crippen molar-refractivity contribution < 1.29 is 13.6 Å². The molecule has 0 aromatic carbocycles. The molecule has 0 aliphatic carbocycles. The van der Waals surface area contributed by atoms with Crippen molar-refractivity contribution in [3.8, 4) is 0 Å². The first kappa shape index (κ1) is 14.9. The minimum Gasteiger partial charge on any atom is -0.469 e. The first-order chi connectivity index (χ1) is 10.8. The summed E-state index contributed by atoms with van der Waals surface area (Å²) in [6.45, 7) is 2.71. The van der Waals surface area contributed by atoms with Crippen molar-refractivity contribution in [3.63, 3.8) is 0 Å². The van der Waals surface area contributed by atoms with Crippen LogP contribution in [-0.2, 0) is 11.2 Å². The van der Waals surface area contributed by atoms with Crippen molar-refractivity contribution in [2.24, 2.45) is 0 Å². The van der Waals surface area contributed by atoms with Crippen LogP contribution in [0.15, 0.2) is 45.6 Å². The minimum absolute atomic E-state index is 0.0483. The van der Waals surface area contributed by atoms with Crippen LogP contribution in [0.3, 0.4) is 0 Å². The van der Waals surface area contributed by atoms with E-state index < -0.39 is 0 Å². The molecule has 1 fully saturated rings. The number of carbonyl (C=O) groups is 1. The number of hydrogen-bond acceptors (Lipinski definition) is 4. The van der Waals surface area contributed by atoms with Gasteiger partial charge >= 0.3 is 0 Å². The van der Waals surface area contributed by atoms with Crippen molar-refractivity contribution in [1.29, 1.82) is 0 Å². The molecule has 1 aliphatic heterocycles. The van der Waals surface area contributed by atoms with Crippen LogP contribution in [-0.4, -0.2) is 30.4 Å². The van der Waals surface area contributed by atoms with Crippen molar-refractivity contribution >= 4 is 5.91 Å². The zero-order chi connectivity index (χ0) is 15.2. The third-order valence-corrected chi connectivity index (χ3v) is 4.12. The summed E-state index contributed by atoms with van der Waals surface area (Å²) >= 11 is 0. The minimum atomic E-state index is 0.0483. The highest BCUT2D eigenvalue weighted by Gasteiger charge is 2.25. The third-order valence-electron chi connectivity index (χ3n) is 4.12. The van der Waals surface area contributed by atoms with E-state index in [0.717, 1.165) is 24.6 Å². The zero-order valence-corrected chi connectivity index (χ0v) is 12.7. The molecule has 2 aromatic heterocycles. The number of rotatable bonds is 7. The molecule has 5 heteroatoms. The molecule has 1 saturated heterocycles. The Morgan fingerprint density at radius 2 is 1.95 bits per heavy atom. The average Bonchev–Trinajstić information content (AvgIpc) is 3.27. The second-order valence-corrected chi connectivity index (χ2v) is 5.66. The monoisotopic (exact) mass is 302 g/mol. The van der Waals surface area contributed by atoms with Gasteiger partial charge in [-0.25, -0.2) is 0 Å². The highest BCUT2D eigenvalue weighted by atomic mass is 16.3. The Bertz CT molecular complexity index is 557. The van der Waals surface area contributed by atoms with Gasteiger partial charge in [0.25, 0.3) is 0 Å². The lowest BCUT2D eigenvalue weighted by Gasteiger charge is -2.26. The first-order valence-electron chi connectivity index (χ1n) is 7.89. The standard InChI is InChI=1S/C17H22N2O3/c20-17(8-7-14-5-3-11-21-14)18-13-15(16-6-4-12-22-16)19-9-1-2-10-19/h3-6,11-12,15H,1-2,7-10,13H2,(H,18,20). The van der Waals surface area contributed by atoms with Crippen molar-refractivity contribution in [2.45, 2.75) is 31.7 Å². The number of amides is 1. The molecule has 1 aliphatic rings. The Morgan fingerprint density at radius 3 is 2.64 bits per heavy atom. The predicted octanol–water partition coefficient (Wildman–Crippen LogP) is 2.76. The fourth-order valence-corrected chi connectivity index (χ4v) is 2.93. The summed E-state index contributed by atoms with van der Waals surface area (Å²) in [6.07, 6.45) is 6.82. The van der Waals surface area contributed by atoms with Gasteiger partial charge in [-0.2, -0.15) is 0 Å². The molecule has 22 heavy (non-hydrogen) atoms. The van der Waals surface area contributed by atoms with E-state index >= 15 is 0 Å². The zero-order valence-electron chi connectivity index (χ0n) is 12.7. The Hall–Kier alpha value is -2.01. The van der Waals surface area contributed by atoms with Crippen LogP contribution >= 0.6 is 0 Å². The number of nitrogens with zero attached hydrogens (tertiary/aromatic N) is 1. The van der Waals surface area contributed by atoms with Crippen LogP contribution in [0.2, 0.25) is 0 Å². The number of likely N-dealkylation sites (tertiary alicyclic amines) is 1. The van der Waals surface area contributed by atoms with E-state index in [0.29, 0.717) is 19.4 Å². The van der Waals surface area contributed by atoms with Crippen LogP contribution in [0.1, 0.15) is 36.8 Å². The Labute approximate surface area is 130 Å². The molecule has 1 amide bonds. The van der Waals surface area contributed by atoms with E-state index in [1.54, 1.807) is 12.5 Å². The highest BCUT2D eigenvalue weighted by Crippen LogP contribution is 2.24. The molecule has 0 saturated carbocycles. The fourth-order valence-electron chi connectivity index (χ4n) is 2.93. The molecule has 5 nitrogen and oxygen atoms in total. The summed E-state index contributed by atoms with van der Waals surface area (Å²) in [7, 11) is 0. The van der Waals surface area contributed by atoms with E-state index in [-0.39, 0.29) is 11.9 Å². The fraction of sp³-hybridized carbons (Fsp3) is 0.471. The third kappa shape index (κ3) is 3.80. The molecule has 1 atom stereocenters. The van der Waals surface area contributed by atoms with Gasteiger partial charge in [0.2, 0.25) is 5.91 Å². The van der Waals surface area contributed by atoms with Crippen LogP contribution in [0.4, 0.5) is 0 Å². The summed E-state index contributed by atoms with van der Waals surface area (Å²) in [6, 6.07) is 7.75. The highest BCUT2D eigenvalue weighted by molar-refractivity contribution is 5.76. The number of nitrogens with one attached hydrogen (secondary N) is 1. The van der Waals surface area contributed by atoms with Gasteiger partial charge in [-0.05, 0) is 50.2 Å². The first-order valence-corrected chi connectivity index (χ1v) is 7.89. The number of carbonyl (C=O) groups excluding carboxylic acids is 1. The molecular weight excluding hydrogens is 280 g/mol. The molecular formula is C17H22N2O3. The van der Waals surface area contributed by atoms with Gasteiger partial charge < -0.3 is 14.2 Å². The Morgan fingerprint density at radius 1 is 1.18 bits per heavy atom. The van der Waals surface area contributed by atoms with Gasteiger partial charge in [0.1, 0.15) is 11.5 Å². The summed E-state index contributed by atoms with van der Waals surface area (Å²) in [4.78, 5) is 14.4. The maximum atomic E-state index is 12.0. The normalized spacial score (nSPS) is 16.7. The molecule has 0 spiro atoms. The number of hydrogen-bond donors (Lipinski definition) is 1. The van der Waals surface area contributed by atoms with E-state index in [1.807, 2.05) is 24.3 Å².